The number of hydrogen-bond acceptors (Lipinski definition) is 1. The number of nitrogens with one attached hydrogen (secondary N) is 1. The minimum Gasteiger partial charge on any atom is -0.352 e. The molecule has 1 aromatic heterocycles. The molecule has 0 saturated carbocycles. The first-order valence-corrected chi connectivity index (χ1v) is 6.20. The molecule has 0 aliphatic carbocycles. The van der Waals surface area contributed by atoms with Crippen molar-refractivity contribution < 1.29 is 13.6 Å². The topological polar surface area (TPSA) is 32.9 Å². The summed E-state index contributed by atoms with van der Waals surface area (Å²) in [5, 5.41) is 0.618. The van der Waals surface area contributed by atoms with Crippen molar-refractivity contribution in [2.45, 2.75) is 0 Å². The average molecular weight is 292 g/mol. The van der Waals surface area contributed by atoms with E-state index in [2.05, 4.69) is 4.98 Å². The van der Waals surface area contributed by atoms with Crippen molar-refractivity contribution in [3.05, 3.63) is 58.6 Å². The van der Waals surface area contributed by atoms with Crippen molar-refractivity contribution in [1.29, 1.82) is 0 Å². The third-order valence-corrected chi connectivity index (χ3v) is 3.33. The van der Waals surface area contributed by atoms with E-state index in [4.69, 9.17) is 11.6 Å². The summed E-state index contributed by atoms with van der Waals surface area (Å²) in [6.07, 6.45) is 0.632. The van der Waals surface area contributed by atoms with Gasteiger partial charge in [0.15, 0.2) is 6.29 Å². The molecule has 0 amide bonds. The highest BCUT2D eigenvalue weighted by Crippen LogP contribution is 2.32. The number of aromatic nitrogens is 1. The molecule has 5 heteroatoms. The summed E-state index contributed by atoms with van der Waals surface area (Å²) in [7, 11) is 0. The Kier molecular flexibility index (Phi) is 3.03. The predicted octanol–water partition coefficient (Wildman–Crippen LogP) is 4.58. The number of aldehydes is 1. The van der Waals surface area contributed by atoms with Crippen LogP contribution in [0, 0.1) is 11.6 Å². The summed E-state index contributed by atoms with van der Waals surface area (Å²) in [4.78, 5) is 14.2. The molecule has 0 radical (unpaired) electrons. The number of fused-ring (bicyclic) bond motifs is 1. The zero-order valence-corrected chi connectivity index (χ0v) is 10.8. The SMILES string of the molecule is O=Cc1c(-c2ccc(F)cc2)[nH]c2c(F)cc(Cl)cc12. The Morgan fingerprint density at radius 1 is 1.10 bits per heavy atom. The van der Waals surface area contributed by atoms with Crippen LogP contribution in [0.4, 0.5) is 8.78 Å². The molecule has 0 unspecified atom stereocenters. The minimum atomic E-state index is -0.538. The summed E-state index contributed by atoms with van der Waals surface area (Å²) in [5.74, 6) is -0.921. The van der Waals surface area contributed by atoms with Crippen molar-refractivity contribution >= 4 is 28.8 Å². The molecule has 0 aliphatic rings. The van der Waals surface area contributed by atoms with E-state index in [1.165, 1.54) is 36.4 Å². The summed E-state index contributed by atoms with van der Waals surface area (Å²) >= 11 is 5.81. The van der Waals surface area contributed by atoms with Crippen LogP contribution < -0.4 is 0 Å². The number of H-pyrrole nitrogens is 1. The highest BCUT2D eigenvalue weighted by molar-refractivity contribution is 6.31. The van der Waals surface area contributed by atoms with Crippen LogP contribution in [0.2, 0.25) is 5.02 Å². The van der Waals surface area contributed by atoms with Crippen LogP contribution in [0.25, 0.3) is 22.2 Å². The van der Waals surface area contributed by atoms with Gasteiger partial charge >= 0.3 is 0 Å². The van der Waals surface area contributed by atoms with Crippen molar-refractivity contribution in [3.63, 3.8) is 0 Å². The Morgan fingerprint density at radius 3 is 2.45 bits per heavy atom. The first kappa shape index (κ1) is 12.8. The van der Waals surface area contributed by atoms with E-state index in [9.17, 15) is 13.6 Å². The van der Waals surface area contributed by atoms with E-state index in [0.717, 1.165) is 0 Å². The van der Waals surface area contributed by atoms with Gasteiger partial charge in [-0.2, -0.15) is 0 Å². The standard InChI is InChI=1S/C15H8ClF2NO/c16-9-5-11-12(7-20)14(19-15(11)13(18)6-9)8-1-3-10(17)4-2-8/h1-7,19H. The van der Waals surface area contributed by atoms with Crippen LogP contribution in [0.3, 0.4) is 0 Å². The molecule has 3 rings (SSSR count). The molecule has 1 heterocycles. The van der Waals surface area contributed by atoms with Crippen molar-refractivity contribution in [1.82, 2.24) is 4.98 Å². The number of hydrogen-bond donors (Lipinski definition) is 1. The number of halogens is 3. The number of aromatic amines is 1. The quantitative estimate of drug-likeness (QED) is 0.689. The Morgan fingerprint density at radius 2 is 1.80 bits per heavy atom. The minimum absolute atomic E-state index is 0.204. The summed E-state index contributed by atoms with van der Waals surface area (Å²) < 4.78 is 26.8. The van der Waals surface area contributed by atoms with Crippen LogP contribution in [0.1, 0.15) is 10.4 Å². The van der Waals surface area contributed by atoms with Gasteiger partial charge in [-0.05, 0) is 42.0 Å². The summed E-state index contributed by atoms with van der Waals surface area (Å²) in [6, 6.07) is 8.28. The van der Waals surface area contributed by atoms with Gasteiger partial charge in [0.05, 0.1) is 11.2 Å². The van der Waals surface area contributed by atoms with Gasteiger partial charge in [-0.25, -0.2) is 8.78 Å². The fraction of sp³-hybridized carbons (Fsp3) is 0. The Bertz CT molecular complexity index is 809. The van der Waals surface area contributed by atoms with E-state index in [1.807, 2.05) is 0 Å². The van der Waals surface area contributed by atoms with Crippen LogP contribution in [0.5, 0.6) is 0 Å². The number of carbonyl (C=O) groups is 1. The van der Waals surface area contributed by atoms with E-state index in [1.54, 1.807) is 0 Å². The third kappa shape index (κ3) is 1.98. The smallest absolute Gasteiger partial charge is 0.152 e. The lowest BCUT2D eigenvalue weighted by atomic mass is 10.1. The van der Waals surface area contributed by atoms with E-state index >= 15 is 0 Å². The third-order valence-electron chi connectivity index (χ3n) is 3.12. The summed E-state index contributed by atoms with van der Waals surface area (Å²) in [6.45, 7) is 0. The van der Waals surface area contributed by atoms with Gasteiger partial charge in [-0.3, -0.25) is 4.79 Å². The van der Waals surface area contributed by atoms with Gasteiger partial charge in [-0.15, -0.1) is 0 Å². The first-order valence-electron chi connectivity index (χ1n) is 5.82. The van der Waals surface area contributed by atoms with Gasteiger partial charge in [0.25, 0.3) is 0 Å². The van der Waals surface area contributed by atoms with E-state index < -0.39 is 5.82 Å². The molecule has 0 aliphatic heterocycles. The molecule has 0 bridgehead atoms. The second kappa shape index (κ2) is 4.72. The summed E-state index contributed by atoms with van der Waals surface area (Å²) in [5.41, 5.74) is 1.54. The number of carbonyl (C=O) groups excluding carboxylic acids is 1. The molecule has 20 heavy (non-hydrogen) atoms. The second-order valence-electron chi connectivity index (χ2n) is 4.35. The van der Waals surface area contributed by atoms with Gasteiger partial charge in [0.2, 0.25) is 0 Å². The van der Waals surface area contributed by atoms with E-state index in [0.29, 0.717) is 28.5 Å². The lowest BCUT2D eigenvalue weighted by Crippen LogP contribution is -1.84. The molecule has 2 nitrogen and oxygen atoms in total. The lowest BCUT2D eigenvalue weighted by Gasteiger charge is -1.99. The largest absolute Gasteiger partial charge is 0.352 e. The first-order chi connectivity index (χ1) is 9.60. The molecular formula is C15H8ClF2NO. The zero-order valence-electron chi connectivity index (χ0n) is 10.1. The Hall–Kier alpha value is -2.20. The maximum atomic E-state index is 13.9. The van der Waals surface area contributed by atoms with Crippen LogP contribution in [-0.2, 0) is 0 Å². The molecule has 0 spiro atoms. The molecule has 0 saturated heterocycles. The molecule has 0 fully saturated rings. The highest BCUT2D eigenvalue weighted by atomic mass is 35.5. The van der Waals surface area contributed by atoms with Crippen molar-refractivity contribution in [3.8, 4) is 11.3 Å². The maximum Gasteiger partial charge on any atom is 0.152 e. The van der Waals surface area contributed by atoms with Crippen LogP contribution in [0.15, 0.2) is 36.4 Å². The van der Waals surface area contributed by atoms with Gasteiger partial charge in [-0.1, -0.05) is 11.6 Å². The molecule has 100 valence electrons. The zero-order chi connectivity index (χ0) is 14.3. The van der Waals surface area contributed by atoms with Gasteiger partial charge < -0.3 is 4.98 Å². The lowest BCUT2D eigenvalue weighted by molar-refractivity contribution is 0.112. The van der Waals surface area contributed by atoms with Crippen LogP contribution >= 0.6 is 11.6 Å². The molecule has 3 aromatic rings. The van der Waals surface area contributed by atoms with Gasteiger partial charge in [0.1, 0.15) is 11.6 Å². The van der Waals surface area contributed by atoms with Crippen molar-refractivity contribution in [2.24, 2.45) is 0 Å². The maximum absolute atomic E-state index is 13.9. The van der Waals surface area contributed by atoms with Gasteiger partial charge in [0, 0.05) is 16.0 Å². The fourth-order valence-electron chi connectivity index (χ4n) is 2.21. The molecule has 0 atom stereocenters. The highest BCUT2D eigenvalue weighted by Gasteiger charge is 2.16. The number of rotatable bonds is 2. The monoisotopic (exact) mass is 291 g/mol. The average Bonchev–Trinajstić information content (AvgIpc) is 2.78. The molecule has 1 N–H and O–H groups in total. The number of benzene rings is 2. The van der Waals surface area contributed by atoms with E-state index in [-0.39, 0.29) is 16.4 Å². The Labute approximate surface area is 118 Å². The predicted molar refractivity (Wildman–Crippen MR) is 74.0 cm³/mol. The van der Waals surface area contributed by atoms with Crippen LogP contribution in [-0.4, -0.2) is 11.3 Å². The Balaban J connectivity index is 2.33. The molecule has 2 aromatic carbocycles. The molecular weight excluding hydrogens is 284 g/mol. The second-order valence-corrected chi connectivity index (χ2v) is 4.79. The van der Waals surface area contributed by atoms with Crippen molar-refractivity contribution in [2.75, 3.05) is 0 Å². The normalized spacial score (nSPS) is 10.9. The fourth-order valence-corrected chi connectivity index (χ4v) is 2.41.